The van der Waals surface area contributed by atoms with Crippen LogP contribution in [0.1, 0.15) is 19.7 Å². The number of amides is 1. The fourth-order valence-electron chi connectivity index (χ4n) is 2.47. The summed E-state index contributed by atoms with van der Waals surface area (Å²) < 4.78 is 14.7. The van der Waals surface area contributed by atoms with Gasteiger partial charge in [0.05, 0.1) is 19.3 Å². The first kappa shape index (κ1) is 16.5. The molecule has 0 radical (unpaired) electrons. The summed E-state index contributed by atoms with van der Waals surface area (Å²) >= 11 is 1.33. The standard InChI is InChI=1S/C16H20N4O3S/c1-10(2)8-14-18-15(24-19-14)17-11-4-5-13(22-3)12(9-11)20-6-7-23-16(20)21/h4-5,9-10H,6-8H2,1-3H3,(H,17,18,19). The maximum atomic E-state index is 11.8. The molecule has 0 spiro atoms. The number of rotatable bonds is 6. The average Bonchev–Trinajstić information content (AvgIpc) is 3.15. The molecule has 1 saturated heterocycles. The molecule has 0 atom stereocenters. The first-order chi connectivity index (χ1) is 11.6. The molecule has 0 unspecified atom stereocenters. The number of methoxy groups -OCH3 is 1. The van der Waals surface area contributed by atoms with Gasteiger partial charge in [-0.15, -0.1) is 0 Å². The van der Waals surface area contributed by atoms with Gasteiger partial charge in [-0.05, 0) is 24.1 Å². The highest BCUT2D eigenvalue weighted by Crippen LogP contribution is 2.34. The molecule has 3 rings (SSSR count). The van der Waals surface area contributed by atoms with Crippen LogP contribution in [-0.2, 0) is 11.2 Å². The molecule has 2 heterocycles. The molecule has 24 heavy (non-hydrogen) atoms. The lowest BCUT2D eigenvalue weighted by Gasteiger charge is -2.17. The Hall–Kier alpha value is -2.35. The minimum absolute atomic E-state index is 0.361. The number of ether oxygens (including phenoxy) is 2. The Morgan fingerprint density at radius 2 is 2.29 bits per heavy atom. The van der Waals surface area contributed by atoms with Crippen LogP contribution in [0.25, 0.3) is 0 Å². The van der Waals surface area contributed by atoms with E-state index in [0.717, 1.165) is 23.1 Å². The molecule has 1 aliphatic rings. The van der Waals surface area contributed by atoms with Crippen LogP contribution in [0, 0.1) is 5.92 Å². The molecule has 128 valence electrons. The average molecular weight is 348 g/mol. The number of nitrogens with zero attached hydrogens (tertiary/aromatic N) is 3. The van der Waals surface area contributed by atoms with Crippen LogP contribution < -0.4 is 15.0 Å². The number of carbonyl (C=O) groups is 1. The lowest BCUT2D eigenvalue weighted by atomic mass is 10.1. The number of cyclic esters (lactones) is 1. The van der Waals surface area contributed by atoms with Gasteiger partial charge in [-0.2, -0.15) is 4.37 Å². The highest BCUT2D eigenvalue weighted by Gasteiger charge is 2.26. The lowest BCUT2D eigenvalue weighted by molar-refractivity contribution is 0.181. The summed E-state index contributed by atoms with van der Waals surface area (Å²) in [5.74, 6) is 1.98. The number of hydrogen-bond donors (Lipinski definition) is 1. The summed E-state index contributed by atoms with van der Waals surface area (Å²) in [5, 5.41) is 3.97. The maximum absolute atomic E-state index is 11.8. The monoisotopic (exact) mass is 348 g/mol. The van der Waals surface area contributed by atoms with Crippen molar-refractivity contribution in [3.8, 4) is 5.75 Å². The highest BCUT2D eigenvalue weighted by molar-refractivity contribution is 7.09. The van der Waals surface area contributed by atoms with Crippen LogP contribution in [0.4, 0.5) is 21.3 Å². The Labute approximate surface area is 144 Å². The van der Waals surface area contributed by atoms with Crippen molar-refractivity contribution < 1.29 is 14.3 Å². The highest BCUT2D eigenvalue weighted by atomic mass is 32.1. The molecule has 1 N–H and O–H groups in total. The van der Waals surface area contributed by atoms with E-state index >= 15 is 0 Å². The Balaban J connectivity index is 1.81. The van der Waals surface area contributed by atoms with Crippen LogP contribution in [0.2, 0.25) is 0 Å². The smallest absolute Gasteiger partial charge is 0.414 e. The van der Waals surface area contributed by atoms with E-state index in [1.807, 2.05) is 18.2 Å². The molecule has 1 aromatic carbocycles. The van der Waals surface area contributed by atoms with E-state index in [1.165, 1.54) is 11.5 Å². The van der Waals surface area contributed by atoms with Gasteiger partial charge in [-0.25, -0.2) is 9.78 Å². The number of carbonyl (C=O) groups excluding carboxylic acids is 1. The van der Waals surface area contributed by atoms with Gasteiger partial charge in [0, 0.05) is 23.6 Å². The normalized spacial score (nSPS) is 14.2. The number of hydrogen-bond acceptors (Lipinski definition) is 7. The second-order valence-corrected chi connectivity index (χ2v) is 6.64. The van der Waals surface area contributed by atoms with Gasteiger partial charge in [0.25, 0.3) is 0 Å². The van der Waals surface area contributed by atoms with E-state index in [9.17, 15) is 4.79 Å². The number of anilines is 3. The fraction of sp³-hybridized carbons (Fsp3) is 0.438. The molecule has 1 aromatic heterocycles. The second-order valence-electron chi connectivity index (χ2n) is 5.89. The largest absolute Gasteiger partial charge is 0.495 e. The van der Waals surface area contributed by atoms with Gasteiger partial charge in [-0.3, -0.25) is 4.90 Å². The number of nitrogens with one attached hydrogen (secondary N) is 1. The summed E-state index contributed by atoms with van der Waals surface area (Å²) in [6.45, 7) is 5.17. The Morgan fingerprint density at radius 3 is 2.96 bits per heavy atom. The van der Waals surface area contributed by atoms with Crippen LogP contribution in [0.15, 0.2) is 18.2 Å². The van der Waals surface area contributed by atoms with Crippen molar-refractivity contribution in [3.63, 3.8) is 0 Å². The van der Waals surface area contributed by atoms with Crippen molar-refractivity contribution in [2.45, 2.75) is 20.3 Å². The number of benzene rings is 1. The van der Waals surface area contributed by atoms with Gasteiger partial charge in [0.2, 0.25) is 5.13 Å². The van der Waals surface area contributed by atoms with Crippen molar-refractivity contribution in [3.05, 3.63) is 24.0 Å². The predicted octanol–water partition coefficient (Wildman–Crippen LogP) is 3.45. The van der Waals surface area contributed by atoms with Crippen molar-refractivity contribution in [1.82, 2.24) is 9.36 Å². The Morgan fingerprint density at radius 1 is 1.46 bits per heavy atom. The third kappa shape index (κ3) is 3.59. The lowest BCUT2D eigenvalue weighted by Crippen LogP contribution is -2.23. The Kier molecular flexibility index (Phi) is 4.84. The molecule has 1 fully saturated rings. The Bertz CT molecular complexity index is 732. The minimum Gasteiger partial charge on any atom is -0.495 e. The van der Waals surface area contributed by atoms with E-state index in [-0.39, 0.29) is 6.09 Å². The van der Waals surface area contributed by atoms with E-state index < -0.39 is 0 Å². The molecule has 1 amide bonds. The van der Waals surface area contributed by atoms with E-state index in [4.69, 9.17) is 9.47 Å². The van der Waals surface area contributed by atoms with Crippen molar-refractivity contribution in [2.75, 3.05) is 30.5 Å². The second kappa shape index (κ2) is 7.04. The van der Waals surface area contributed by atoms with Crippen LogP contribution in [-0.4, -0.2) is 35.7 Å². The van der Waals surface area contributed by atoms with Gasteiger partial charge in [-0.1, -0.05) is 13.8 Å². The molecule has 8 heteroatoms. The summed E-state index contributed by atoms with van der Waals surface area (Å²) in [5.41, 5.74) is 1.50. The fourth-order valence-corrected chi connectivity index (χ4v) is 3.08. The third-order valence-corrected chi connectivity index (χ3v) is 4.21. The molecule has 0 bridgehead atoms. The van der Waals surface area contributed by atoms with Gasteiger partial charge >= 0.3 is 6.09 Å². The molecular formula is C16H20N4O3S. The van der Waals surface area contributed by atoms with E-state index in [1.54, 1.807) is 12.0 Å². The van der Waals surface area contributed by atoms with E-state index in [0.29, 0.717) is 30.5 Å². The zero-order valence-electron chi connectivity index (χ0n) is 13.9. The molecule has 7 nitrogen and oxygen atoms in total. The molecule has 0 saturated carbocycles. The SMILES string of the molecule is COc1ccc(Nc2nc(CC(C)C)ns2)cc1N1CCOC1=O. The number of aromatic nitrogens is 2. The summed E-state index contributed by atoms with van der Waals surface area (Å²) in [6, 6.07) is 5.56. The van der Waals surface area contributed by atoms with Crippen LogP contribution in [0.5, 0.6) is 5.75 Å². The first-order valence-corrected chi connectivity index (χ1v) is 8.56. The summed E-state index contributed by atoms with van der Waals surface area (Å²) in [4.78, 5) is 17.9. The topological polar surface area (TPSA) is 76.6 Å². The third-order valence-electron chi connectivity index (χ3n) is 3.54. The van der Waals surface area contributed by atoms with E-state index in [2.05, 4.69) is 28.5 Å². The summed E-state index contributed by atoms with van der Waals surface area (Å²) in [6.07, 6.45) is 0.492. The van der Waals surface area contributed by atoms with Crippen molar-refractivity contribution in [1.29, 1.82) is 0 Å². The maximum Gasteiger partial charge on any atom is 0.414 e. The van der Waals surface area contributed by atoms with Crippen LogP contribution >= 0.6 is 11.5 Å². The molecular weight excluding hydrogens is 328 g/mol. The predicted molar refractivity (Wildman–Crippen MR) is 93.4 cm³/mol. The first-order valence-electron chi connectivity index (χ1n) is 7.78. The minimum atomic E-state index is -0.361. The zero-order chi connectivity index (χ0) is 17.1. The molecule has 1 aliphatic heterocycles. The van der Waals surface area contributed by atoms with Crippen LogP contribution in [0.3, 0.4) is 0 Å². The zero-order valence-corrected chi connectivity index (χ0v) is 14.7. The van der Waals surface area contributed by atoms with Crippen molar-refractivity contribution >= 4 is 34.1 Å². The summed E-state index contributed by atoms with van der Waals surface area (Å²) in [7, 11) is 1.58. The molecule has 0 aliphatic carbocycles. The quantitative estimate of drug-likeness (QED) is 0.862. The van der Waals surface area contributed by atoms with Crippen molar-refractivity contribution in [2.24, 2.45) is 5.92 Å². The van der Waals surface area contributed by atoms with Gasteiger partial charge < -0.3 is 14.8 Å². The van der Waals surface area contributed by atoms with Gasteiger partial charge in [0.1, 0.15) is 18.2 Å². The van der Waals surface area contributed by atoms with Gasteiger partial charge in [0.15, 0.2) is 0 Å². The molecule has 2 aromatic rings.